The molecule has 0 spiro atoms. The number of tetrazole rings is 1. The lowest BCUT2D eigenvalue weighted by atomic mass is 9.84. The maximum absolute atomic E-state index is 13.7. The van der Waals surface area contributed by atoms with Crippen LogP contribution in [-0.2, 0) is 17.3 Å². The molecule has 3 N–H and O–H groups in total. The van der Waals surface area contributed by atoms with Gasteiger partial charge in [0.1, 0.15) is 5.75 Å². The predicted molar refractivity (Wildman–Crippen MR) is 161 cm³/mol. The molecule has 0 bridgehead atoms. The number of benzene rings is 3. The van der Waals surface area contributed by atoms with E-state index in [1.165, 1.54) is 48.1 Å². The molecule has 0 saturated heterocycles. The van der Waals surface area contributed by atoms with Gasteiger partial charge < -0.3 is 10.1 Å². The van der Waals surface area contributed by atoms with E-state index >= 15 is 0 Å². The van der Waals surface area contributed by atoms with Gasteiger partial charge in [0.2, 0.25) is 0 Å². The summed E-state index contributed by atoms with van der Waals surface area (Å²) in [7, 11) is -1.84. The number of alkyl halides is 3. The molecule has 1 unspecified atom stereocenters. The van der Waals surface area contributed by atoms with Crippen LogP contribution in [-0.4, -0.2) is 49.4 Å². The molecule has 15 heteroatoms. The minimum Gasteiger partial charge on any atom is -0.404 e. The first-order valence-corrected chi connectivity index (χ1v) is 15.7. The van der Waals surface area contributed by atoms with Crippen LogP contribution in [0.15, 0.2) is 71.6 Å². The number of carbonyl (C=O) groups is 2. The van der Waals surface area contributed by atoms with Crippen LogP contribution in [0.5, 0.6) is 5.75 Å². The molecule has 236 valence electrons. The Kier molecular flexibility index (Phi) is 9.76. The zero-order valence-electron chi connectivity index (χ0n) is 24.1. The van der Waals surface area contributed by atoms with Gasteiger partial charge in [0.05, 0.1) is 22.2 Å². The molecule has 5 rings (SSSR count). The second kappa shape index (κ2) is 13.9. The fraction of sp³-hybridized carbons (Fsp3) is 0.300. The number of hydrogen-bond acceptors (Lipinski definition) is 7. The van der Waals surface area contributed by atoms with Crippen LogP contribution in [0.1, 0.15) is 59.5 Å². The van der Waals surface area contributed by atoms with Crippen LogP contribution in [0, 0.1) is 0 Å². The maximum atomic E-state index is 13.7. The number of carbonyl (C=O) groups excluding carboxylic acids is 2. The van der Waals surface area contributed by atoms with Gasteiger partial charge in [-0.15, -0.1) is 18.3 Å². The van der Waals surface area contributed by atoms with E-state index in [0.29, 0.717) is 22.7 Å². The van der Waals surface area contributed by atoms with Crippen LogP contribution < -0.4 is 20.3 Å². The third kappa shape index (κ3) is 8.44. The average molecular weight is 642 g/mol. The van der Waals surface area contributed by atoms with Gasteiger partial charge in [0, 0.05) is 23.2 Å². The van der Waals surface area contributed by atoms with E-state index in [1.54, 1.807) is 24.3 Å². The number of H-pyrrole nitrogens is 1. The lowest BCUT2D eigenvalue weighted by Crippen LogP contribution is -2.34. The van der Waals surface area contributed by atoms with E-state index in [4.69, 9.17) is 0 Å². The Hall–Kier alpha value is -4.79. The number of rotatable bonds is 9. The van der Waals surface area contributed by atoms with Gasteiger partial charge >= 0.3 is 12.4 Å². The quantitative estimate of drug-likeness (QED) is 0.193. The normalized spacial score (nSPS) is 14.4. The first kappa shape index (κ1) is 31.6. The minimum absolute atomic E-state index is 0.0247. The molecule has 0 radical (unpaired) electrons. The highest BCUT2D eigenvalue weighted by atomic mass is 32.2. The van der Waals surface area contributed by atoms with Gasteiger partial charge in [-0.3, -0.25) is 19.2 Å². The number of ether oxygens (including phenoxy) is 1. The summed E-state index contributed by atoms with van der Waals surface area (Å²) in [6.45, 7) is 0.100. The molecule has 1 aromatic heterocycles. The van der Waals surface area contributed by atoms with Crippen molar-refractivity contribution in [2.24, 2.45) is 0 Å². The number of aromatic amines is 1. The highest BCUT2D eigenvalue weighted by Crippen LogP contribution is 2.34. The number of urea groups is 1. The summed E-state index contributed by atoms with van der Waals surface area (Å²) in [6.07, 6.45) is 2.08. The molecule has 3 amide bonds. The largest absolute Gasteiger partial charge is 0.573 e. The highest BCUT2D eigenvalue weighted by Gasteiger charge is 2.33. The van der Waals surface area contributed by atoms with Crippen LogP contribution >= 0.6 is 0 Å². The molecule has 3 aromatic carbocycles. The smallest absolute Gasteiger partial charge is 0.404 e. The number of hydrogen-bond donors (Lipinski definition) is 3. The van der Waals surface area contributed by atoms with E-state index in [9.17, 15) is 27.0 Å². The number of halogens is 3. The Morgan fingerprint density at radius 1 is 1.00 bits per heavy atom. The van der Waals surface area contributed by atoms with E-state index in [2.05, 4.69) is 36.0 Å². The fourth-order valence-electron chi connectivity index (χ4n) is 5.19. The summed E-state index contributed by atoms with van der Waals surface area (Å²) in [6, 6.07) is 17.2. The van der Waals surface area contributed by atoms with Crippen LogP contribution in [0.3, 0.4) is 0 Å². The van der Waals surface area contributed by atoms with E-state index in [1.807, 2.05) is 24.3 Å². The Labute approximate surface area is 259 Å². The Morgan fingerprint density at radius 3 is 2.33 bits per heavy atom. The summed E-state index contributed by atoms with van der Waals surface area (Å²) in [5.41, 5.74) is 2.95. The zero-order chi connectivity index (χ0) is 32.0. The van der Waals surface area contributed by atoms with Crippen LogP contribution in [0.2, 0.25) is 0 Å². The topological polar surface area (TPSA) is 142 Å². The van der Waals surface area contributed by atoms with Crippen molar-refractivity contribution in [3.8, 4) is 5.75 Å². The molecule has 1 heterocycles. The third-order valence-corrected chi connectivity index (χ3v) is 8.32. The maximum Gasteiger partial charge on any atom is 0.573 e. The van der Waals surface area contributed by atoms with Crippen molar-refractivity contribution in [2.45, 2.75) is 55.8 Å². The highest BCUT2D eigenvalue weighted by molar-refractivity contribution is 7.84. The van der Waals surface area contributed by atoms with E-state index < -0.39 is 34.8 Å². The molecule has 1 saturated carbocycles. The summed E-state index contributed by atoms with van der Waals surface area (Å²) in [4.78, 5) is 27.5. The molecule has 11 nitrogen and oxygen atoms in total. The second-order valence-corrected chi connectivity index (χ2v) is 11.8. The van der Waals surface area contributed by atoms with Gasteiger partial charge in [0.25, 0.3) is 11.9 Å². The Bertz CT molecular complexity index is 1640. The summed E-state index contributed by atoms with van der Waals surface area (Å²) < 4.78 is 54.8. The van der Waals surface area contributed by atoms with Gasteiger partial charge in [-0.05, 0) is 77.6 Å². The molecule has 0 aliphatic heterocycles. The van der Waals surface area contributed by atoms with Crippen molar-refractivity contribution in [1.82, 2.24) is 20.6 Å². The molecular weight excluding hydrogens is 611 g/mol. The Balaban J connectivity index is 1.38. The van der Waals surface area contributed by atoms with Crippen molar-refractivity contribution >= 4 is 40.1 Å². The monoisotopic (exact) mass is 641 g/mol. The Morgan fingerprint density at radius 2 is 1.71 bits per heavy atom. The first-order valence-electron chi connectivity index (χ1n) is 14.1. The van der Waals surface area contributed by atoms with Gasteiger partial charge in [-0.1, -0.05) is 48.6 Å². The molecule has 1 atom stereocenters. The van der Waals surface area contributed by atoms with Crippen molar-refractivity contribution in [3.63, 3.8) is 0 Å². The number of amides is 3. The van der Waals surface area contributed by atoms with Crippen molar-refractivity contribution in [2.75, 3.05) is 21.8 Å². The standard InChI is InChI=1S/C30H30F3N7O4S/c1-45(43)26-17-23(13-16-25(26)44-30(31,32)33)34-29(42)40(24-14-11-21(12-15-24)20-5-3-2-4-6-20)18-19-7-9-22(10-8-19)27(41)35-28-36-38-39-37-28/h7-17,20H,2-6,18H2,1H3,(H,34,42)(H2,35,36,37,38,39,41). The first-order chi connectivity index (χ1) is 21.6. The molecule has 1 fully saturated rings. The lowest BCUT2D eigenvalue weighted by molar-refractivity contribution is -0.275. The summed E-state index contributed by atoms with van der Waals surface area (Å²) in [5.74, 6) is -0.568. The number of nitrogens with one attached hydrogen (secondary N) is 3. The number of nitrogens with zero attached hydrogens (tertiary/aromatic N) is 4. The van der Waals surface area contributed by atoms with Crippen LogP contribution in [0.4, 0.5) is 35.3 Å². The average Bonchev–Trinajstić information content (AvgIpc) is 3.53. The van der Waals surface area contributed by atoms with Crippen molar-refractivity contribution in [3.05, 3.63) is 83.4 Å². The van der Waals surface area contributed by atoms with Gasteiger partial charge in [-0.25, -0.2) is 4.79 Å². The van der Waals surface area contributed by atoms with Crippen LogP contribution in [0.25, 0.3) is 0 Å². The molecule has 4 aromatic rings. The van der Waals surface area contributed by atoms with Crippen molar-refractivity contribution in [1.29, 1.82) is 0 Å². The summed E-state index contributed by atoms with van der Waals surface area (Å²) >= 11 is 0. The zero-order valence-corrected chi connectivity index (χ0v) is 25.0. The third-order valence-electron chi connectivity index (χ3n) is 7.38. The molecule has 1 aliphatic carbocycles. The SMILES string of the molecule is CS(=O)c1cc(NC(=O)N(Cc2ccc(C(=O)Nc3nn[nH]n3)cc2)c2ccc(C3CCCCC3)cc2)ccc1OC(F)(F)F. The fourth-order valence-corrected chi connectivity index (χ4v) is 5.87. The number of anilines is 3. The molecule has 45 heavy (non-hydrogen) atoms. The minimum atomic E-state index is -4.97. The van der Waals surface area contributed by atoms with E-state index in [-0.39, 0.29) is 23.1 Å². The van der Waals surface area contributed by atoms with E-state index in [0.717, 1.165) is 18.9 Å². The molecular formula is C30H30F3N7O4S. The van der Waals surface area contributed by atoms with Gasteiger partial charge in [-0.2, -0.15) is 5.21 Å². The molecule has 1 aliphatic rings. The summed E-state index contributed by atoms with van der Waals surface area (Å²) in [5, 5.41) is 18.2. The predicted octanol–water partition coefficient (Wildman–Crippen LogP) is 6.37. The lowest BCUT2D eigenvalue weighted by Gasteiger charge is -2.26. The second-order valence-electron chi connectivity index (χ2n) is 10.5. The number of aromatic nitrogens is 4. The van der Waals surface area contributed by atoms with Crippen molar-refractivity contribution < 1.29 is 31.7 Å². The van der Waals surface area contributed by atoms with Gasteiger partial charge in [0.15, 0.2) is 0 Å².